The molecule has 0 aromatic heterocycles. The predicted molar refractivity (Wildman–Crippen MR) is 90.5 cm³/mol. The smallest absolute Gasteiger partial charge is 0.303 e. The maximum absolute atomic E-state index is 10.3. The Bertz CT molecular complexity index is 272. The van der Waals surface area contributed by atoms with Crippen molar-refractivity contribution in [2.45, 2.75) is 64.7 Å². The summed E-state index contributed by atoms with van der Waals surface area (Å²) in [4.78, 5) is 10.3. The van der Waals surface area contributed by atoms with Crippen molar-refractivity contribution in [2.24, 2.45) is 0 Å². The first-order valence-electron chi connectivity index (χ1n) is 7.87. The Kier molecular flexibility index (Phi) is 15.8. The average molecular weight is 298 g/mol. The highest BCUT2D eigenvalue weighted by molar-refractivity contribution is 7.99. The minimum absolute atomic E-state index is 0.315. The molecule has 0 amide bonds. The molecule has 0 bridgehead atoms. The lowest BCUT2D eigenvalue weighted by atomic mass is 10.2. The molecule has 0 aliphatic rings. The number of unbranched alkanes of at least 4 members (excludes halogenated alkanes) is 5. The highest BCUT2D eigenvalue weighted by Gasteiger charge is 1.95. The van der Waals surface area contributed by atoms with E-state index in [1.807, 2.05) is 11.8 Å². The molecule has 2 nitrogen and oxygen atoms in total. The van der Waals surface area contributed by atoms with Crippen LogP contribution in [0.2, 0.25) is 0 Å². The van der Waals surface area contributed by atoms with Crippen molar-refractivity contribution in [3.8, 4) is 0 Å². The molecule has 0 atom stereocenters. The number of hydrogen-bond acceptors (Lipinski definition) is 2. The van der Waals surface area contributed by atoms with Crippen molar-refractivity contribution in [2.75, 3.05) is 11.5 Å². The second kappa shape index (κ2) is 16.4. The van der Waals surface area contributed by atoms with Crippen molar-refractivity contribution in [3.63, 3.8) is 0 Å². The fraction of sp³-hybridized carbons (Fsp3) is 0.706. The Morgan fingerprint density at radius 1 is 1.00 bits per heavy atom. The lowest BCUT2D eigenvalue weighted by molar-refractivity contribution is -0.137. The summed E-state index contributed by atoms with van der Waals surface area (Å²) in [6.45, 7) is 2.23. The topological polar surface area (TPSA) is 37.3 Å². The zero-order valence-corrected chi connectivity index (χ0v) is 13.7. The highest BCUT2D eigenvalue weighted by atomic mass is 32.2. The summed E-state index contributed by atoms with van der Waals surface area (Å²) in [7, 11) is 0. The molecule has 0 aliphatic carbocycles. The van der Waals surface area contributed by atoms with E-state index in [2.05, 4.69) is 31.2 Å². The summed E-state index contributed by atoms with van der Waals surface area (Å²) in [6, 6.07) is 0. The summed E-state index contributed by atoms with van der Waals surface area (Å²) < 4.78 is 0. The van der Waals surface area contributed by atoms with Gasteiger partial charge in [0, 0.05) is 12.2 Å². The third-order valence-electron chi connectivity index (χ3n) is 2.97. The van der Waals surface area contributed by atoms with Crippen LogP contribution in [0, 0.1) is 0 Å². The maximum Gasteiger partial charge on any atom is 0.303 e. The summed E-state index contributed by atoms with van der Waals surface area (Å²) >= 11 is 1.93. The molecule has 0 saturated carbocycles. The maximum atomic E-state index is 10.3. The van der Waals surface area contributed by atoms with Crippen LogP contribution in [0.25, 0.3) is 0 Å². The Morgan fingerprint density at radius 2 is 1.80 bits per heavy atom. The van der Waals surface area contributed by atoms with E-state index < -0.39 is 5.97 Å². The normalized spacial score (nSPS) is 11.7. The molecule has 20 heavy (non-hydrogen) atoms. The zero-order valence-electron chi connectivity index (χ0n) is 12.9. The SMILES string of the molecule is CCCCC/C=C/C/C=C/CSCCCCCC(=O)O. The lowest BCUT2D eigenvalue weighted by Crippen LogP contribution is -1.93. The van der Waals surface area contributed by atoms with Crippen LogP contribution in [-0.2, 0) is 4.79 Å². The first-order chi connectivity index (χ1) is 9.77. The molecular formula is C17H30O2S. The number of carboxylic acid groups (broad SMARTS) is 1. The number of rotatable bonds is 14. The van der Waals surface area contributed by atoms with Gasteiger partial charge in [-0.1, -0.05) is 50.5 Å². The van der Waals surface area contributed by atoms with Gasteiger partial charge in [-0.2, -0.15) is 11.8 Å². The Morgan fingerprint density at radius 3 is 2.55 bits per heavy atom. The second-order valence-corrected chi connectivity index (χ2v) is 6.10. The van der Waals surface area contributed by atoms with Gasteiger partial charge in [0.1, 0.15) is 0 Å². The fourth-order valence-electron chi connectivity index (χ4n) is 1.78. The number of thioether (sulfide) groups is 1. The van der Waals surface area contributed by atoms with E-state index in [4.69, 9.17) is 5.11 Å². The van der Waals surface area contributed by atoms with Crippen LogP contribution in [0.5, 0.6) is 0 Å². The van der Waals surface area contributed by atoms with Gasteiger partial charge < -0.3 is 5.11 Å². The van der Waals surface area contributed by atoms with Crippen LogP contribution in [0.3, 0.4) is 0 Å². The van der Waals surface area contributed by atoms with E-state index in [-0.39, 0.29) is 0 Å². The molecule has 0 radical (unpaired) electrons. The summed E-state index contributed by atoms with van der Waals surface area (Å²) in [5, 5.41) is 8.50. The van der Waals surface area contributed by atoms with Gasteiger partial charge in [0.15, 0.2) is 0 Å². The number of hydrogen-bond donors (Lipinski definition) is 1. The van der Waals surface area contributed by atoms with Crippen LogP contribution in [-0.4, -0.2) is 22.6 Å². The molecule has 0 saturated heterocycles. The molecule has 0 spiro atoms. The average Bonchev–Trinajstić information content (AvgIpc) is 2.43. The van der Waals surface area contributed by atoms with E-state index in [9.17, 15) is 4.79 Å². The minimum atomic E-state index is -0.677. The third kappa shape index (κ3) is 17.3. The van der Waals surface area contributed by atoms with Gasteiger partial charge in [0.2, 0.25) is 0 Å². The molecule has 0 rings (SSSR count). The Hall–Kier alpha value is -0.700. The number of carboxylic acids is 1. The number of carbonyl (C=O) groups is 1. The van der Waals surface area contributed by atoms with E-state index in [0.717, 1.165) is 37.2 Å². The van der Waals surface area contributed by atoms with Crippen LogP contribution in [0.4, 0.5) is 0 Å². The zero-order chi connectivity index (χ0) is 14.9. The van der Waals surface area contributed by atoms with Crippen molar-refractivity contribution in [1.29, 1.82) is 0 Å². The molecule has 0 aromatic rings. The molecule has 0 heterocycles. The molecule has 116 valence electrons. The highest BCUT2D eigenvalue weighted by Crippen LogP contribution is 2.08. The minimum Gasteiger partial charge on any atom is -0.481 e. The molecule has 0 aliphatic heterocycles. The van der Waals surface area contributed by atoms with Crippen molar-refractivity contribution in [1.82, 2.24) is 0 Å². The first-order valence-corrected chi connectivity index (χ1v) is 9.02. The van der Waals surface area contributed by atoms with Gasteiger partial charge in [-0.3, -0.25) is 4.79 Å². The Balaban J connectivity index is 3.17. The summed E-state index contributed by atoms with van der Waals surface area (Å²) in [5.41, 5.74) is 0. The van der Waals surface area contributed by atoms with Gasteiger partial charge in [0.25, 0.3) is 0 Å². The van der Waals surface area contributed by atoms with Crippen molar-refractivity contribution < 1.29 is 9.90 Å². The van der Waals surface area contributed by atoms with Crippen LogP contribution in [0.1, 0.15) is 64.7 Å². The molecule has 0 aromatic carbocycles. The van der Waals surface area contributed by atoms with Gasteiger partial charge in [-0.25, -0.2) is 0 Å². The lowest BCUT2D eigenvalue weighted by Gasteiger charge is -1.98. The van der Waals surface area contributed by atoms with E-state index in [1.54, 1.807) is 0 Å². The van der Waals surface area contributed by atoms with Crippen molar-refractivity contribution in [3.05, 3.63) is 24.3 Å². The number of aliphatic carboxylic acids is 1. The molecule has 0 fully saturated rings. The first kappa shape index (κ1) is 19.3. The van der Waals surface area contributed by atoms with E-state index >= 15 is 0 Å². The third-order valence-corrected chi connectivity index (χ3v) is 3.98. The monoisotopic (exact) mass is 298 g/mol. The molecule has 1 N–H and O–H groups in total. The quantitative estimate of drug-likeness (QED) is 0.342. The molecular weight excluding hydrogens is 268 g/mol. The molecule has 0 unspecified atom stereocenters. The van der Waals surface area contributed by atoms with Gasteiger partial charge >= 0.3 is 5.97 Å². The Labute approximate surface area is 128 Å². The summed E-state index contributed by atoms with van der Waals surface area (Å²) in [6.07, 6.45) is 18.5. The van der Waals surface area contributed by atoms with E-state index in [0.29, 0.717) is 6.42 Å². The van der Waals surface area contributed by atoms with E-state index in [1.165, 1.54) is 25.7 Å². The van der Waals surface area contributed by atoms with Gasteiger partial charge in [-0.15, -0.1) is 0 Å². The largest absolute Gasteiger partial charge is 0.481 e. The standard InChI is InChI=1S/C17H30O2S/c1-2-3-4-5-6-7-8-9-12-15-20-16-13-10-11-14-17(18)19/h6-7,9,12H,2-5,8,10-11,13-16H2,1H3,(H,18,19)/b7-6+,12-9+. The van der Waals surface area contributed by atoms with Gasteiger partial charge in [0.05, 0.1) is 0 Å². The fourth-order valence-corrected chi connectivity index (χ4v) is 2.62. The van der Waals surface area contributed by atoms with Crippen LogP contribution in [0.15, 0.2) is 24.3 Å². The predicted octanol–water partition coefficient (Wildman–Crippen LogP) is 5.45. The van der Waals surface area contributed by atoms with Crippen LogP contribution >= 0.6 is 11.8 Å². The number of allylic oxidation sites excluding steroid dienone is 3. The van der Waals surface area contributed by atoms with Crippen molar-refractivity contribution >= 4 is 17.7 Å². The van der Waals surface area contributed by atoms with Crippen LogP contribution < -0.4 is 0 Å². The summed E-state index contributed by atoms with van der Waals surface area (Å²) in [5.74, 6) is 1.53. The molecule has 3 heteroatoms. The van der Waals surface area contributed by atoms with Gasteiger partial charge in [-0.05, 0) is 37.9 Å². The second-order valence-electron chi connectivity index (χ2n) is 4.95.